The van der Waals surface area contributed by atoms with Crippen LogP contribution in [-0.2, 0) is 11.2 Å². The van der Waals surface area contributed by atoms with Crippen LogP contribution >= 0.6 is 0 Å². The van der Waals surface area contributed by atoms with Gasteiger partial charge in [0.15, 0.2) is 0 Å². The molecule has 2 amide bonds. The molecule has 0 radical (unpaired) electrons. The van der Waals surface area contributed by atoms with E-state index in [2.05, 4.69) is 0 Å². The molecule has 1 heterocycles. The highest BCUT2D eigenvalue weighted by molar-refractivity contribution is 6.24. The Morgan fingerprint density at radius 3 is 2.47 bits per heavy atom. The van der Waals surface area contributed by atoms with Gasteiger partial charge in [0.2, 0.25) is 5.91 Å². The van der Waals surface area contributed by atoms with Crippen molar-refractivity contribution in [1.29, 1.82) is 0 Å². The summed E-state index contributed by atoms with van der Waals surface area (Å²) in [5.41, 5.74) is 8.05. The van der Waals surface area contributed by atoms with Crippen LogP contribution in [0.1, 0.15) is 15.9 Å². The smallest absolute Gasteiger partial charge is 0.265 e. The lowest BCUT2D eigenvalue weighted by Gasteiger charge is -2.27. The molecular weight excluding hydrogens is 240 g/mol. The van der Waals surface area contributed by atoms with Gasteiger partial charge >= 0.3 is 0 Å². The van der Waals surface area contributed by atoms with Gasteiger partial charge in [-0.05, 0) is 29.8 Å². The quantitative estimate of drug-likeness (QED) is 0.623. The molecule has 2 N–H and O–H groups in total. The van der Waals surface area contributed by atoms with E-state index < -0.39 is 0 Å². The predicted octanol–water partition coefficient (Wildman–Crippen LogP) is 2.00. The molecule has 2 aromatic carbocycles. The molecule has 94 valence electrons. The maximum atomic E-state index is 12.4. The summed E-state index contributed by atoms with van der Waals surface area (Å²) in [6, 6.07) is 14.0. The first kappa shape index (κ1) is 11.5. The molecule has 4 heteroatoms. The van der Waals surface area contributed by atoms with Crippen LogP contribution < -0.4 is 10.6 Å². The Hall–Kier alpha value is -2.62. The molecule has 2 aromatic rings. The Kier molecular flexibility index (Phi) is 2.56. The topological polar surface area (TPSA) is 63.4 Å². The number of carbonyl (C=O) groups excluding carboxylic acids is 2. The van der Waals surface area contributed by atoms with E-state index in [4.69, 9.17) is 5.73 Å². The number of anilines is 2. The van der Waals surface area contributed by atoms with Gasteiger partial charge in [0.1, 0.15) is 0 Å². The number of amides is 2. The maximum Gasteiger partial charge on any atom is 0.265 e. The fourth-order valence-corrected chi connectivity index (χ4v) is 2.26. The molecule has 0 saturated carbocycles. The van der Waals surface area contributed by atoms with Gasteiger partial charge in [-0.15, -0.1) is 0 Å². The van der Waals surface area contributed by atoms with Crippen molar-refractivity contribution in [2.75, 3.05) is 10.6 Å². The van der Waals surface area contributed by atoms with Crippen molar-refractivity contribution >= 4 is 23.2 Å². The van der Waals surface area contributed by atoms with Gasteiger partial charge in [-0.25, -0.2) is 4.90 Å². The zero-order chi connectivity index (χ0) is 13.4. The number of benzene rings is 2. The summed E-state index contributed by atoms with van der Waals surface area (Å²) >= 11 is 0. The molecule has 0 bridgehead atoms. The zero-order valence-corrected chi connectivity index (χ0v) is 10.2. The Morgan fingerprint density at radius 1 is 1.00 bits per heavy atom. The number of fused-ring (bicyclic) bond motifs is 1. The standard InChI is InChI=1S/C15H12N2O2/c16-11-7-6-10-8-14(18)17(15(19)13(10)9-11)12-4-2-1-3-5-12/h1-7,9H,8,16H2. The number of nitrogens with zero attached hydrogens (tertiary/aromatic N) is 1. The Labute approximate surface area is 110 Å². The number of para-hydroxylation sites is 1. The lowest BCUT2D eigenvalue weighted by atomic mass is 9.97. The molecule has 1 aliphatic rings. The fraction of sp³-hybridized carbons (Fsp3) is 0.0667. The highest BCUT2D eigenvalue weighted by atomic mass is 16.2. The van der Waals surface area contributed by atoms with Crippen molar-refractivity contribution in [2.24, 2.45) is 0 Å². The van der Waals surface area contributed by atoms with E-state index in [1.807, 2.05) is 6.07 Å². The molecule has 0 aliphatic carbocycles. The minimum absolute atomic E-state index is 0.214. The van der Waals surface area contributed by atoms with E-state index in [0.29, 0.717) is 16.9 Å². The van der Waals surface area contributed by atoms with Gasteiger partial charge in [0.05, 0.1) is 12.1 Å². The molecule has 1 aliphatic heterocycles. The minimum Gasteiger partial charge on any atom is -0.399 e. The molecule has 0 unspecified atom stereocenters. The Morgan fingerprint density at radius 2 is 1.74 bits per heavy atom. The second-order valence-corrected chi connectivity index (χ2v) is 4.46. The zero-order valence-electron chi connectivity index (χ0n) is 10.2. The van der Waals surface area contributed by atoms with E-state index in [9.17, 15) is 9.59 Å². The van der Waals surface area contributed by atoms with E-state index in [1.165, 1.54) is 4.90 Å². The summed E-state index contributed by atoms with van der Waals surface area (Å²) < 4.78 is 0. The molecule has 4 nitrogen and oxygen atoms in total. The van der Waals surface area contributed by atoms with Crippen molar-refractivity contribution in [2.45, 2.75) is 6.42 Å². The third-order valence-corrected chi connectivity index (χ3v) is 3.17. The summed E-state index contributed by atoms with van der Waals surface area (Å²) in [6.45, 7) is 0. The fourth-order valence-electron chi connectivity index (χ4n) is 2.26. The third kappa shape index (κ3) is 1.87. The lowest BCUT2D eigenvalue weighted by molar-refractivity contribution is -0.117. The predicted molar refractivity (Wildman–Crippen MR) is 72.8 cm³/mol. The molecular formula is C15H12N2O2. The van der Waals surface area contributed by atoms with Crippen molar-refractivity contribution < 1.29 is 9.59 Å². The summed E-state index contributed by atoms with van der Waals surface area (Å²) in [5, 5.41) is 0. The number of carbonyl (C=O) groups is 2. The van der Waals surface area contributed by atoms with Crippen molar-refractivity contribution in [3.8, 4) is 0 Å². The number of hydrogen-bond donors (Lipinski definition) is 1. The van der Waals surface area contributed by atoms with E-state index in [0.717, 1.165) is 5.56 Å². The first-order chi connectivity index (χ1) is 9.16. The molecule has 0 saturated heterocycles. The van der Waals surface area contributed by atoms with E-state index in [1.54, 1.807) is 42.5 Å². The number of rotatable bonds is 1. The van der Waals surface area contributed by atoms with Crippen molar-refractivity contribution in [3.63, 3.8) is 0 Å². The molecule has 0 aromatic heterocycles. The highest BCUT2D eigenvalue weighted by Gasteiger charge is 2.31. The lowest BCUT2D eigenvalue weighted by Crippen LogP contribution is -2.42. The average molecular weight is 252 g/mol. The van der Waals surface area contributed by atoms with Crippen LogP contribution in [0.5, 0.6) is 0 Å². The Bertz CT molecular complexity index is 665. The Balaban J connectivity index is 2.10. The van der Waals surface area contributed by atoms with Crippen LogP contribution in [0.25, 0.3) is 0 Å². The summed E-state index contributed by atoms with van der Waals surface area (Å²) in [7, 11) is 0. The average Bonchev–Trinajstić information content (AvgIpc) is 2.41. The normalized spacial score (nSPS) is 14.4. The van der Waals surface area contributed by atoms with Crippen LogP contribution in [0.4, 0.5) is 11.4 Å². The second-order valence-electron chi connectivity index (χ2n) is 4.46. The van der Waals surface area contributed by atoms with Crippen LogP contribution in [0, 0.1) is 0 Å². The van der Waals surface area contributed by atoms with Crippen molar-refractivity contribution in [3.05, 3.63) is 59.7 Å². The number of nitrogens with two attached hydrogens (primary N) is 1. The number of imide groups is 1. The first-order valence-electron chi connectivity index (χ1n) is 5.97. The summed E-state index contributed by atoms with van der Waals surface area (Å²) in [6.07, 6.45) is 0.218. The van der Waals surface area contributed by atoms with Crippen LogP contribution in [-0.4, -0.2) is 11.8 Å². The maximum absolute atomic E-state index is 12.4. The third-order valence-electron chi connectivity index (χ3n) is 3.17. The molecule has 3 rings (SSSR count). The van der Waals surface area contributed by atoms with E-state index in [-0.39, 0.29) is 18.2 Å². The van der Waals surface area contributed by atoms with Gasteiger partial charge < -0.3 is 5.73 Å². The largest absolute Gasteiger partial charge is 0.399 e. The monoisotopic (exact) mass is 252 g/mol. The first-order valence-corrected chi connectivity index (χ1v) is 5.97. The molecule has 19 heavy (non-hydrogen) atoms. The van der Waals surface area contributed by atoms with E-state index >= 15 is 0 Å². The van der Waals surface area contributed by atoms with Gasteiger partial charge in [0.25, 0.3) is 5.91 Å². The van der Waals surface area contributed by atoms with Gasteiger partial charge in [-0.3, -0.25) is 9.59 Å². The van der Waals surface area contributed by atoms with Gasteiger partial charge in [0, 0.05) is 11.3 Å². The molecule has 0 spiro atoms. The molecule has 0 fully saturated rings. The van der Waals surface area contributed by atoms with Gasteiger partial charge in [-0.1, -0.05) is 24.3 Å². The summed E-state index contributed by atoms with van der Waals surface area (Å²) in [5.74, 6) is -0.529. The van der Waals surface area contributed by atoms with Gasteiger partial charge in [-0.2, -0.15) is 0 Å². The van der Waals surface area contributed by atoms with Crippen LogP contribution in [0.15, 0.2) is 48.5 Å². The van der Waals surface area contributed by atoms with Crippen LogP contribution in [0.2, 0.25) is 0 Å². The second kappa shape index (κ2) is 4.24. The number of nitrogen functional groups attached to an aromatic ring is 1. The summed E-state index contributed by atoms with van der Waals surface area (Å²) in [4.78, 5) is 25.8. The number of hydrogen-bond acceptors (Lipinski definition) is 3. The van der Waals surface area contributed by atoms with Crippen molar-refractivity contribution in [1.82, 2.24) is 0 Å². The molecule has 0 atom stereocenters. The minimum atomic E-state index is -0.315. The highest BCUT2D eigenvalue weighted by Crippen LogP contribution is 2.26. The SMILES string of the molecule is Nc1ccc2c(c1)C(=O)N(c1ccccc1)C(=O)C2. The van der Waals surface area contributed by atoms with Crippen LogP contribution in [0.3, 0.4) is 0 Å².